The van der Waals surface area contributed by atoms with Gasteiger partial charge in [-0.05, 0) is 37.1 Å². The van der Waals surface area contributed by atoms with Crippen LogP contribution in [-0.2, 0) is 4.79 Å². The van der Waals surface area contributed by atoms with Gasteiger partial charge in [0.25, 0.3) is 0 Å². The molecule has 1 saturated carbocycles. The van der Waals surface area contributed by atoms with Gasteiger partial charge in [0, 0.05) is 22.7 Å². The van der Waals surface area contributed by atoms with Crippen LogP contribution in [0.15, 0.2) is 60.9 Å². The Bertz CT molecular complexity index is 948. The van der Waals surface area contributed by atoms with Crippen LogP contribution >= 0.6 is 0 Å². The molecule has 4 rings (SSSR count). The summed E-state index contributed by atoms with van der Waals surface area (Å²) < 4.78 is 0. The molecule has 1 aromatic heterocycles. The van der Waals surface area contributed by atoms with Crippen LogP contribution in [0.25, 0.3) is 22.5 Å². The molecule has 1 aliphatic rings. The summed E-state index contributed by atoms with van der Waals surface area (Å²) in [5, 5.41) is 12.7. The number of phenolic OH excluding ortho intramolecular Hbond substituents is 1. The van der Waals surface area contributed by atoms with Gasteiger partial charge in [-0.1, -0.05) is 37.1 Å². The summed E-state index contributed by atoms with van der Waals surface area (Å²) >= 11 is 0. The molecule has 0 unspecified atom stereocenters. The number of aromatic hydroxyl groups is 1. The first-order chi connectivity index (χ1) is 13.2. The lowest BCUT2D eigenvalue weighted by Gasteiger charge is -2.11. The van der Waals surface area contributed by atoms with Crippen molar-refractivity contribution in [2.45, 2.75) is 25.7 Å². The highest BCUT2D eigenvalue weighted by atomic mass is 16.3. The Morgan fingerprint density at radius 1 is 0.963 bits per heavy atom. The van der Waals surface area contributed by atoms with Crippen LogP contribution in [0.5, 0.6) is 5.75 Å². The molecule has 0 radical (unpaired) electrons. The highest BCUT2D eigenvalue weighted by Gasteiger charge is 2.22. The summed E-state index contributed by atoms with van der Waals surface area (Å²) in [5.41, 5.74) is 3.97. The Morgan fingerprint density at radius 3 is 2.37 bits per heavy atom. The van der Waals surface area contributed by atoms with E-state index in [-0.39, 0.29) is 17.6 Å². The van der Waals surface area contributed by atoms with E-state index in [9.17, 15) is 9.90 Å². The molecule has 0 saturated heterocycles. The van der Waals surface area contributed by atoms with Gasteiger partial charge >= 0.3 is 0 Å². The van der Waals surface area contributed by atoms with Gasteiger partial charge in [0.2, 0.25) is 5.91 Å². The molecule has 0 spiro atoms. The van der Waals surface area contributed by atoms with Gasteiger partial charge in [0.15, 0.2) is 0 Å². The minimum atomic E-state index is 0.117. The first kappa shape index (κ1) is 17.2. The summed E-state index contributed by atoms with van der Waals surface area (Å²) in [6.07, 6.45) is 7.64. The molecule has 1 aliphatic carbocycles. The van der Waals surface area contributed by atoms with Gasteiger partial charge in [-0.15, -0.1) is 0 Å². The van der Waals surface area contributed by atoms with Crippen LogP contribution in [0.3, 0.4) is 0 Å². The Hall–Kier alpha value is -3.21. The SMILES string of the molecule is O=C(Nc1ccc(-c2cncc(-c3cccc(O)c3)n2)cc1)C1CCCC1. The molecule has 5 heteroatoms. The molecule has 0 aliphatic heterocycles. The number of aromatic nitrogens is 2. The second kappa shape index (κ2) is 7.58. The molecular weight excluding hydrogens is 338 g/mol. The molecule has 3 aromatic rings. The number of benzene rings is 2. The number of nitrogens with zero attached hydrogens (tertiary/aromatic N) is 2. The fourth-order valence-corrected chi connectivity index (χ4v) is 3.47. The van der Waals surface area contributed by atoms with Gasteiger partial charge in [-0.2, -0.15) is 0 Å². The van der Waals surface area contributed by atoms with Crippen molar-refractivity contribution in [2.75, 3.05) is 5.32 Å². The number of nitrogens with one attached hydrogen (secondary N) is 1. The number of hydrogen-bond donors (Lipinski definition) is 2. The van der Waals surface area contributed by atoms with Gasteiger partial charge in [0.1, 0.15) is 5.75 Å². The normalized spacial score (nSPS) is 14.2. The van der Waals surface area contributed by atoms with Gasteiger partial charge in [-0.25, -0.2) is 4.98 Å². The number of phenols is 1. The average molecular weight is 359 g/mol. The molecule has 2 aromatic carbocycles. The predicted octanol–water partition coefficient (Wildman–Crippen LogP) is 4.64. The van der Waals surface area contributed by atoms with Crippen molar-refractivity contribution in [2.24, 2.45) is 5.92 Å². The number of carbonyl (C=O) groups excluding carboxylic acids is 1. The smallest absolute Gasteiger partial charge is 0.227 e. The molecule has 0 bridgehead atoms. The third-order valence-corrected chi connectivity index (χ3v) is 4.95. The number of hydrogen-bond acceptors (Lipinski definition) is 4. The maximum Gasteiger partial charge on any atom is 0.227 e. The second-order valence-electron chi connectivity index (χ2n) is 6.89. The van der Waals surface area contributed by atoms with E-state index < -0.39 is 0 Å². The van der Waals surface area contributed by atoms with E-state index >= 15 is 0 Å². The van der Waals surface area contributed by atoms with Crippen LogP contribution in [0.4, 0.5) is 5.69 Å². The predicted molar refractivity (Wildman–Crippen MR) is 105 cm³/mol. The highest BCUT2D eigenvalue weighted by Crippen LogP contribution is 2.27. The van der Waals surface area contributed by atoms with Crippen molar-refractivity contribution < 1.29 is 9.90 Å². The lowest BCUT2D eigenvalue weighted by molar-refractivity contribution is -0.119. The summed E-state index contributed by atoms with van der Waals surface area (Å²) in [6, 6.07) is 14.6. The minimum absolute atomic E-state index is 0.117. The van der Waals surface area contributed by atoms with Crippen molar-refractivity contribution in [1.29, 1.82) is 0 Å². The van der Waals surface area contributed by atoms with Crippen LogP contribution < -0.4 is 5.32 Å². The maximum absolute atomic E-state index is 12.2. The summed E-state index contributed by atoms with van der Waals surface area (Å²) in [4.78, 5) is 21.2. The van der Waals surface area contributed by atoms with E-state index in [4.69, 9.17) is 0 Å². The minimum Gasteiger partial charge on any atom is -0.508 e. The highest BCUT2D eigenvalue weighted by molar-refractivity contribution is 5.92. The number of carbonyl (C=O) groups is 1. The maximum atomic E-state index is 12.2. The quantitative estimate of drug-likeness (QED) is 0.711. The van der Waals surface area contributed by atoms with E-state index in [1.54, 1.807) is 30.6 Å². The molecular formula is C22H21N3O2. The summed E-state index contributed by atoms with van der Waals surface area (Å²) in [6.45, 7) is 0. The van der Waals surface area contributed by atoms with E-state index in [0.29, 0.717) is 5.69 Å². The third kappa shape index (κ3) is 3.97. The van der Waals surface area contributed by atoms with E-state index in [2.05, 4.69) is 15.3 Å². The fraction of sp³-hybridized carbons (Fsp3) is 0.227. The van der Waals surface area contributed by atoms with E-state index in [1.165, 1.54) is 0 Å². The third-order valence-electron chi connectivity index (χ3n) is 4.95. The number of rotatable bonds is 4. The van der Waals surface area contributed by atoms with Crippen molar-refractivity contribution in [1.82, 2.24) is 9.97 Å². The Morgan fingerprint density at radius 2 is 1.67 bits per heavy atom. The zero-order chi connectivity index (χ0) is 18.6. The average Bonchev–Trinajstić information content (AvgIpc) is 3.24. The van der Waals surface area contributed by atoms with Crippen molar-refractivity contribution in [3.05, 3.63) is 60.9 Å². The Kier molecular flexibility index (Phi) is 4.83. The van der Waals surface area contributed by atoms with Crippen LogP contribution in [0.2, 0.25) is 0 Å². The summed E-state index contributed by atoms with van der Waals surface area (Å²) in [7, 11) is 0. The standard InChI is InChI=1S/C22H21N3O2/c26-19-7-3-6-17(12-19)21-14-23-13-20(25-21)15-8-10-18(11-9-15)24-22(27)16-4-1-2-5-16/h3,6-14,16,26H,1-2,4-5H2,(H,24,27). The molecule has 1 amide bonds. The van der Waals surface area contributed by atoms with Crippen LogP contribution in [0, 0.1) is 5.92 Å². The van der Waals surface area contributed by atoms with Crippen molar-refractivity contribution in [3.8, 4) is 28.3 Å². The monoisotopic (exact) mass is 359 g/mol. The van der Waals surface area contributed by atoms with Crippen molar-refractivity contribution >= 4 is 11.6 Å². The number of anilines is 1. The van der Waals surface area contributed by atoms with Crippen LogP contribution in [-0.4, -0.2) is 21.0 Å². The summed E-state index contributed by atoms with van der Waals surface area (Å²) in [5.74, 6) is 0.461. The molecule has 2 N–H and O–H groups in total. The number of amides is 1. The van der Waals surface area contributed by atoms with E-state index in [0.717, 1.165) is 48.2 Å². The van der Waals surface area contributed by atoms with Gasteiger partial charge in [-0.3, -0.25) is 9.78 Å². The zero-order valence-electron chi connectivity index (χ0n) is 14.9. The largest absolute Gasteiger partial charge is 0.508 e. The second-order valence-corrected chi connectivity index (χ2v) is 6.89. The van der Waals surface area contributed by atoms with E-state index in [1.807, 2.05) is 30.3 Å². The van der Waals surface area contributed by atoms with Crippen LogP contribution in [0.1, 0.15) is 25.7 Å². The molecule has 1 heterocycles. The fourth-order valence-electron chi connectivity index (χ4n) is 3.47. The topological polar surface area (TPSA) is 75.1 Å². The Balaban J connectivity index is 1.52. The molecule has 136 valence electrons. The Labute approximate surface area is 158 Å². The lowest BCUT2D eigenvalue weighted by Crippen LogP contribution is -2.20. The van der Waals surface area contributed by atoms with Crippen molar-refractivity contribution in [3.63, 3.8) is 0 Å². The first-order valence-corrected chi connectivity index (χ1v) is 9.22. The van der Waals surface area contributed by atoms with Gasteiger partial charge in [0.05, 0.1) is 23.8 Å². The lowest BCUT2D eigenvalue weighted by atomic mass is 10.1. The molecule has 1 fully saturated rings. The molecule has 5 nitrogen and oxygen atoms in total. The molecule has 27 heavy (non-hydrogen) atoms. The molecule has 0 atom stereocenters. The zero-order valence-corrected chi connectivity index (χ0v) is 14.9. The van der Waals surface area contributed by atoms with Gasteiger partial charge < -0.3 is 10.4 Å². The first-order valence-electron chi connectivity index (χ1n) is 9.22.